The molecule has 0 aromatic carbocycles. The van der Waals surface area contributed by atoms with Gasteiger partial charge in [0.25, 0.3) is 0 Å². The minimum Gasteiger partial charge on any atom is -0.435 e. The first-order valence-corrected chi connectivity index (χ1v) is 2.05. The Kier molecular flexibility index (Phi) is 27.6. The average Bonchev–Trinajstić information content (AvgIpc) is 1.72. The molecule has 2 nitrogen and oxygen atoms in total. The number of carbonyl (C=O) groups excluding carboxylic acids is 1. The van der Waals surface area contributed by atoms with Crippen LogP contribution < -0.4 is 0 Å². The Bertz CT molecular complexity index is 81.1. The number of hydrogen-bond acceptors (Lipinski definition) is 2. The summed E-state index contributed by atoms with van der Waals surface area (Å²) in [6, 6.07) is 0. The minimum atomic E-state index is -0.329. The van der Waals surface area contributed by atoms with Crippen LogP contribution in [0.5, 0.6) is 0 Å². The van der Waals surface area contributed by atoms with Crippen LogP contribution >= 0.6 is 0 Å². The molecule has 0 fully saturated rings. The topological polar surface area (TPSA) is 26.3 Å². The SMILES string of the molecule is C=C.C=COC(C)=O.[Ta]. The third-order valence-electron chi connectivity index (χ3n) is 0.249. The summed E-state index contributed by atoms with van der Waals surface area (Å²) < 4.78 is 4.17. The predicted octanol–water partition coefficient (Wildman–Crippen LogP) is 1.49. The molecule has 0 aliphatic rings. The van der Waals surface area contributed by atoms with Gasteiger partial charge >= 0.3 is 5.97 Å². The second kappa shape index (κ2) is 15.6. The summed E-state index contributed by atoms with van der Waals surface area (Å²) in [5, 5.41) is 0. The summed E-state index contributed by atoms with van der Waals surface area (Å²) in [5.41, 5.74) is 0. The van der Waals surface area contributed by atoms with Crippen molar-refractivity contribution in [2.45, 2.75) is 6.92 Å². The van der Waals surface area contributed by atoms with E-state index in [-0.39, 0.29) is 28.3 Å². The molecule has 0 spiro atoms. The van der Waals surface area contributed by atoms with E-state index in [0.29, 0.717) is 0 Å². The third kappa shape index (κ3) is 34.4. The van der Waals surface area contributed by atoms with Gasteiger partial charge in [-0.2, -0.15) is 0 Å². The molecular formula is C6H10O2Ta. The van der Waals surface area contributed by atoms with Crippen molar-refractivity contribution in [3.05, 3.63) is 26.0 Å². The van der Waals surface area contributed by atoms with Gasteiger partial charge in [-0.1, -0.05) is 6.58 Å². The van der Waals surface area contributed by atoms with E-state index in [1.54, 1.807) is 0 Å². The molecule has 0 N–H and O–H groups in total. The molecule has 9 heavy (non-hydrogen) atoms. The van der Waals surface area contributed by atoms with Gasteiger partial charge in [-0.05, 0) is 0 Å². The molecule has 0 atom stereocenters. The second-order valence-corrected chi connectivity index (χ2v) is 0.776. The van der Waals surface area contributed by atoms with Gasteiger partial charge in [0, 0.05) is 29.3 Å². The van der Waals surface area contributed by atoms with Crippen LogP contribution in [-0.4, -0.2) is 5.97 Å². The Labute approximate surface area is 71.1 Å². The van der Waals surface area contributed by atoms with Crippen LogP contribution in [-0.2, 0) is 31.9 Å². The van der Waals surface area contributed by atoms with Crippen LogP contribution in [0, 0.1) is 0 Å². The van der Waals surface area contributed by atoms with E-state index in [1.165, 1.54) is 6.92 Å². The molecule has 0 aliphatic carbocycles. The first-order valence-electron chi connectivity index (χ1n) is 2.05. The van der Waals surface area contributed by atoms with Crippen LogP contribution in [0.25, 0.3) is 0 Å². The minimum absolute atomic E-state index is 0. The first kappa shape index (κ1) is 15.9. The van der Waals surface area contributed by atoms with Gasteiger partial charge in [0.2, 0.25) is 0 Å². The second-order valence-electron chi connectivity index (χ2n) is 0.776. The number of esters is 1. The molecule has 0 rings (SSSR count). The molecule has 0 saturated carbocycles. The summed E-state index contributed by atoms with van der Waals surface area (Å²) in [6.45, 7) is 10.5. The smallest absolute Gasteiger partial charge is 0.307 e. The summed E-state index contributed by atoms with van der Waals surface area (Å²) in [7, 11) is 0. The van der Waals surface area contributed by atoms with E-state index in [9.17, 15) is 4.79 Å². The summed E-state index contributed by atoms with van der Waals surface area (Å²) in [4.78, 5) is 9.75. The number of rotatable bonds is 1. The normalized spacial score (nSPS) is 5.00. The fourth-order valence-electron chi connectivity index (χ4n) is 0.117. The first-order chi connectivity index (χ1) is 3.77. The zero-order chi connectivity index (χ0) is 6.99. The Hall–Kier alpha value is -0.310. The summed E-state index contributed by atoms with van der Waals surface area (Å²) in [5.74, 6) is -0.329. The van der Waals surface area contributed by atoms with E-state index in [2.05, 4.69) is 24.5 Å². The maximum absolute atomic E-state index is 9.75. The summed E-state index contributed by atoms with van der Waals surface area (Å²) in [6.07, 6.45) is 1.10. The van der Waals surface area contributed by atoms with E-state index >= 15 is 0 Å². The quantitative estimate of drug-likeness (QED) is 0.416. The number of carbonyl (C=O) groups is 1. The van der Waals surface area contributed by atoms with Gasteiger partial charge in [0.1, 0.15) is 0 Å². The third-order valence-corrected chi connectivity index (χ3v) is 0.249. The molecule has 0 heterocycles. The zero-order valence-electron chi connectivity index (χ0n) is 5.46. The molecule has 0 bridgehead atoms. The summed E-state index contributed by atoms with van der Waals surface area (Å²) >= 11 is 0. The number of hydrogen-bond donors (Lipinski definition) is 0. The molecule has 0 amide bonds. The molecule has 0 aromatic heterocycles. The fraction of sp³-hybridized carbons (Fsp3) is 0.167. The molecule has 51 valence electrons. The van der Waals surface area contributed by atoms with Crippen molar-refractivity contribution < 1.29 is 31.9 Å². The van der Waals surface area contributed by atoms with Gasteiger partial charge in [0.05, 0.1) is 6.26 Å². The van der Waals surface area contributed by atoms with Crippen molar-refractivity contribution in [3.8, 4) is 0 Å². The molecule has 0 aromatic rings. The van der Waals surface area contributed by atoms with Crippen molar-refractivity contribution in [2.24, 2.45) is 0 Å². The van der Waals surface area contributed by atoms with Crippen LogP contribution in [0.2, 0.25) is 0 Å². The fourth-order valence-corrected chi connectivity index (χ4v) is 0.117. The van der Waals surface area contributed by atoms with Crippen LogP contribution in [0.4, 0.5) is 0 Å². The largest absolute Gasteiger partial charge is 0.435 e. The van der Waals surface area contributed by atoms with Gasteiger partial charge in [-0.3, -0.25) is 4.79 Å². The van der Waals surface area contributed by atoms with Gasteiger partial charge < -0.3 is 4.74 Å². The predicted molar refractivity (Wildman–Crippen MR) is 33.2 cm³/mol. The van der Waals surface area contributed by atoms with Gasteiger partial charge in [0.15, 0.2) is 0 Å². The van der Waals surface area contributed by atoms with E-state index in [1.807, 2.05) is 0 Å². The van der Waals surface area contributed by atoms with Crippen molar-refractivity contribution in [1.82, 2.24) is 0 Å². The maximum Gasteiger partial charge on any atom is 0.307 e. The zero-order valence-corrected chi connectivity index (χ0v) is 8.68. The van der Waals surface area contributed by atoms with Crippen LogP contribution in [0.1, 0.15) is 6.92 Å². The van der Waals surface area contributed by atoms with Crippen LogP contribution in [0.15, 0.2) is 26.0 Å². The van der Waals surface area contributed by atoms with Crippen molar-refractivity contribution in [2.75, 3.05) is 0 Å². The molecule has 0 saturated heterocycles. The number of ether oxygens (including phenoxy) is 1. The van der Waals surface area contributed by atoms with Crippen LogP contribution in [0.3, 0.4) is 0 Å². The standard InChI is InChI=1S/C4H6O2.C2H4.Ta/c1-3-6-4(2)5;1-2;/h3H,1H2,2H3;1-2H2;. The van der Waals surface area contributed by atoms with Gasteiger partial charge in [-0.25, -0.2) is 0 Å². The Morgan fingerprint density at radius 2 is 1.89 bits per heavy atom. The molecular weight excluding hydrogens is 285 g/mol. The van der Waals surface area contributed by atoms with Crippen molar-refractivity contribution in [1.29, 1.82) is 0 Å². The molecule has 0 unspecified atom stereocenters. The molecule has 3 heteroatoms. The molecule has 0 aliphatic heterocycles. The van der Waals surface area contributed by atoms with E-state index < -0.39 is 0 Å². The molecule has 1 radical (unpaired) electrons. The van der Waals surface area contributed by atoms with E-state index in [4.69, 9.17) is 0 Å². The monoisotopic (exact) mass is 295 g/mol. The average molecular weight is 295 g/mol. The Balaban J connectivity index is -0.000000109. The van der Waals surface area contributed by atoms with E-state index in [0.717, 1.165) is 6.26 Å². The maximum atomic E-state index is 9.75. The Morgan fingerprint density at radius 1 is 1.56 bits per heavy atom. The Morgan fingerprint density at radius 3 is 1.89 bits per heavy atom. The van der Waals surface area contributed by atoms with Gasteiger partial charge in [-0.15, -0.1) is 13.2 Å². The van der Waals surface area contributed by atoms with Crippen molar-refractivity contribution >= 4 is 5.97 Å². The van der Waals surface area contributed by atoms with Crippen molar-refractivity contribution in [3.63, 3.8) is 0 Å².